The number of anilines is 6. The van der Waals surface area contributed by atoms with Gasteiger partial charge < -0.3 is 14.2 Å². The summed E-state index contributed by atoms with van der Waals surface area (Å²) in [7, 11) is 2.11. The van der Waals surface area contributed by atoms with Crippen LogP contribution in [-0.4, -0.2) is 6.71 Å². The first-order chi connectivity index (χ1) is 33.1. The highest BCUT2D eigenvalue weighted by molar-refractivity contribution is 7.00. The Hall–Kier alpha value is -6.85. The van der Waals surface area contributed by atoms with Gasteiger partial charge in [-0.05, 0) is 151 Å². The van der Waals surface area contributed by atoms with E-state index in [1.54, 1.807) is 0 Å². The van der Waals surface area contributed by atoms with E-state index in [0.717, 1.165) is 55.7 Å². The van der Waals surface area contributed by atoms with Crippen molar-refractivity contribution in [3.05, 3.63) is 180 Å². The molecule has 0 saturated heterocycles. The summed E-state index contributed by atoms with van der Waals surface area (Å²) in [5, 5.41) is 2.24. The smallest absolute Gasteiger partial charge is 0.252 e. The summed E-state index contributed by atoms with van der Waals surface area (Å²) in [6.07, 6.45) is 2.11. The number of fused-ring (bicyclic) bond motifs is 7. The fourth-order valence-electron chi connectivity index (χ4n) is 11.1. The average Bonchev–Trinajstić information content (AvgIpc) is 3.68. The second-order valence-corrected chi connectivity index (χ2v) is 24.3. The third-order valence-electron chi connectivity index (χ3n) is 15.3. The maximum absolute atomic E-state index is 7.03. The molecule has 2 aliphatic heterocycles. The fraction of sp³-hybridized carbons (Fsp3) is 0.277. The van der Waals surface area contributed by atoms with Crippen molar-refractivity contribution in [3.63, 3.8) is 0 Å². The van der Waals surface area contributed by atoms with Gasteiger partial charge in [-0.2, -0.15) is 0 Å². The van der Waals surface area contributed by atoms with Gasteiger partial charge in [-0.15, -0.1) is 0 Å². The normalized spacial score (nSPS) is 13.8. The van der Waals surface area contributed by atoms with Gasteiger partial charge in [0.25, 0.3) is 6.71 Å². The van der Waals surface area contributed by atoms with Gasteiger partial charge in [0.15, 0.2) is 6.20 Å². The van der Waals surface area contributed by atoms with Crippen molar-refractivity contribution in [2.24, 2.45) is 7.05 Å². The molecule has 0 bridgehead atoms. The number of furan rings is 1. The number of aromatic nitrogens is 1. The molecule has 0 aliphatic carbocycles. The molecular formula is C65H67BN3O+. The molecule has 2 aromatic heterocycles. The number of rotatable bonds is 4. The molecule has 5 heteroatoms. The van der Waals surface area contributed by atoms with E-state index >= 15 is 0 Å². The summed E-state index contributed by atoms with van der Waals surface area (Å²) < 4.78 is 9.21. The monoisotopic (exact) mass is 917 g/mol. The van der Waals surface area contributed by atoms with E-state index in [-0.39, 0.29) is 28.4 Å². The number of hydrogen-bond acceptors (Lipinski definition) is 3. The van der Waals surface area contributed by atoms with Crippen molar-refractivity contribution >= 4 is 79.2 Å². The van der Waals surface area contributed by atoms with E-state index in [1.165, 1.54) is 67.0 Å². The predicted octanol–water partition coefficient (Wildman–Crippen LogP) is 15.3. The molecule has 4 heterocycles. The largest absolute Gasteiger partial charge is 0.455 e. The second kappa shape index (κ2) is 15.8. The molecule has 70 heavy (non-hydrogen) atoms. The Labute approximate surface area is 416 Å². The number of pyridine rings is 1. The summed E-state index contributed by atoms with van der Waals surface area (Å²) in [4.78, 5) is 5.11. The molecule has 0 radical (unpaired) electrons. The van der Waals surface area contributed by atoms with E-state index < -0.39 is 0 Å². The van der Waals surface area contributed by atoms with Crippen molar-refractivity contribution in [1.29, 1.82) is 0 Å². The number of nitrogens with zero attached hydrogens (tertiary/aromatic N) is 3. The van der Waals surface area contributed by atoms with Crippen LogP contribution >= 0.6 is 0 Å². The van der Waals surface area contributed by atoms with Gasteiger partial charge in [0.05, 0.1) is 5.56 Å². The molecule has 7 aromatic carbocycles. The summed E-state index contributed by atoms with van der Waals surface area (Å²) in [6.45, 7) is 30.0. The first kappa shape index (κ1) is 45.6. The van der Waals surface area contributed by atoms with Gasteiger partial charge in [-0.3, -0.25) is 0 Å². The zero-order valence-electron chi connectivity index (χ0n) is 43.8. The minimum absolute atomic E-state index is 0.0114. The van der Waals surface area contributed by atoms with Crippen LogP contribution in [0.25, 0.3) is 44.3 Å². The predicted molar refractivity (Wildman–Crippen MR) is 299 cm³/mol. The standard InChI is InChI=1S/C65H67BN3O/c1-40-18-30-50-49-31-19-41(37-58(49)70-61(50)59(40)55-17-15-16-34-67(55)14)42-35-56-60-57(36-42)69(48-28-22-44(23-29-48)63(5,6)7)54-33-25-46(65(11,12)13)39-52(54)66(60)51-38-45(64(8,9)10)24-32-53(51)68(56)47-26-20-43(21-27-47)62(2,3)4/h15-39H,1-14H3/q+1. The summed E-state index contributed by atoms with van der Waals surface area (Å²) in [6, 6.07) is 55.9. The first-order valence-electron chi connectivity index (χ1n) is 25.3. The Bertz CT molecular complexity index is 3400. The van der Waals surface area contributed by atoms with Crippen molar-refractivity contribution < 1.29 is 8.98 Å². The Balaban J connectivity index is 1.22. The molecule has 11 rings (SSSR count). The lowest BCUT2D eigenvalue weighted by atomic mass is 9.33. The lowest BCUT2D eigenvalue weighted by Gasteiger charge is -2.45. The third-order valence-corrected chi connectivity index (χ3v) is 15.3. The highest BCUT2D eigenvalue weighted by Gasteiger charge is 2.45. The quantitative estimate of drug-likeness (QED) is 0.130. The van der Waals surface area contributed by atoms with Gasteiger partial charge >= 0.3 is 0 Å². The maximum atomic E-state index is 7.03. The fourth-order valence-corrected chi connectivity index (χ4v) is 11.1. The molecule has 0 amide bonds. The highest BCUT2D eigenvalue weighted by Crippen LogP contribution is 2.48. The van der Waals surface area contributed by atoms with Crippen molar-refractivity contribution in [2.45, 2.75) is 112 Å². The van der Waals surface area contributed by atoms with Gasteiger partial charge in [-0.1, -0.05) is 150 Å². The van der Waals surface area contributed by atoms with Gasteiger partial charge in [-0.25, -0.2) is 4.57 Å². The topological polar surface area (TPSA) is 23.5 Å². The van der Waals surface area contributed by atoms with Crippen LogP contribution in [0.5, 0.6) is 0 Å². The SMILES string of the molecule is Cc1ccc2c(oc3cc(-c4cc5c6c(c4)N(c4ccc(C(C)(C)C)cc4)c4ccc(C(C)(C)C)cc4B6c4cc(C(C)(C)C)ccc4N5c4ccc(C(C)(C)C)cc4)ccc32)c1-c1cccc[n+]1C. The summed E-state index contributed by atoms with van der Waals surface area (Å²) in [5.41, 5.74) is 23.9. The third kappa shape index (κ3) is 7.47. The summed E-state index contributed by atoms with van der Waals surface area (Å²) in [5.74, 6) is 0. The number of aryl methyl sites for hydroxylation is 2. The van der Waals surface area contributed by atoms with Crippen LogP contribution in [0.1, 0.15) is 111 Å². The molecule has 0 atom stereocenters. The molecule has 9 aromatic rings. The first-order valence-corrected chi connectivity index (χ1v) is 25.3. The van der Waals surface area contributed by atoms with Crippen LogP contribution in [0.15, 0.2) is 156 Å². The van der Waals surface area contributed by atoms with E-state index in [9.17, 15) is 0 Å². The Morgan fingerprint density at radius 1 is 0.457 bits per heavy atom. The van der Waals surface area contributed by atoms with E-state index in [0.29, 0.717) is 0 Å². The molecule has 2 aliphatic rings. The lowest BCUT2D eigenvalue weighted by Crippen LogP contribution is -2.61. The van der Waals surface area contributed by atoms with Gasteiger partial charge in [0, 0.05) is 57.0 Å². The van der Waals surface area contributed by atoms with Crippen LogP contribution in [0, 0.1) is 6.92 Å². The maximum Gasteiger partial charge on any atom is 0.252 e. The zero-order chi connectivity index (χ0) is 49.4. The molecule has 0 fully saturated rings. The molecule has 0 spiro atoms. The Morgan fingerprint density at radius 3 is 1.43 bits per heavy atom. The van der Waals surface area contributed by atoms with Crippen LogP contribution in [0.2, 0.25) is 0 Å². The van der Waals surface area contributed by atoms with Gasteiger partial charge in [0.2, 0.25) is 5.69 Å². The van der Waals surface area contributed by atoms with E-state index in [1.807, 2.05) is 0 Å². The zero-order valence-corrected chi connectivity index (χ0v) is 43.8. The van der Waals surface area contributed by atoms with Crippen molar-refractivity contribution in [2.75, 3.05) is 9.80 Å². The van der Waals surface area contributed by atoms with E-state index in [4.69, 9.17) is 4.42 Å². The van der Waals surface area contributed by atoms with Crippen LogP contribution in [-0.2, 0) is 28.7 Å². The van der Waals surface area contributed by atoms with Crippen molar-refractivity contribution in [1.82, 2.24) is 0 Å². The minimum atomic E-state index is -0.0414. The average molecular weight is 917 g/mol. The summed E-state index contributed by atoms with van der Waals surface area (Å²) >= 11 is 0. The lowest BCUT2D eigenvalue weighted by molar-refractivity contribution is -0.660. The molecule has 0 unspecified atom stereocenters. The minimum Gasteiger partial charge on any atom is -0.455 e. The molecule has 0 N–H and O–H groups in total. The van der Waals surface area contributed by atoms with Gasteiger partial charge in [0.1, 0.15) is 18.2 Å². The number of hydrogen-bond donors (Lipinski definition) is 0. The number of benzene rings is 7. The van der Waals surface area contributed by atoms with Crippen LogP contribution in [0.4, 0.5) is 34.1 Å². The van der Waals surface area contributed by atoms with Crippen LogP contribution < -0.4 is 30.8 Å². The molecule has 4 nitrogen and oxygen atoms in total. The van der Waals surface area contributed by atoms with Crippen LogP contribution in [0.3, 0.4) is 0 Å². The Morgan fingerprint density at radius 2 is 0.943 bits per heavy atom. The second-order valence-electron chi connectivity index (χ2n) is 24.3. The Kier molecular flexibility index (Phi) is 10.3. The molecular weight excluding hydrogens is 850 g/mol. The molecule has 0 saturated carbocycles. The molecule has 350 valence electrons. The van der Waals surface area contributed by atoms with E-state index in [2.05, 4.69) is 263 Å². The van der Waals surface area contributed by atoms with Crippen molar-refractivity contribution in [3.8, 4) is 22.4 Å². The highest BCUT2D eigenvalue weighted by atomic mass is 16.3.